The van der Waals surface area contributed by atoms with E-state index in [0.29, 0.717) is 37.8 Å². The third-order valence-electron chi connectivity index (χ3n) is 6.57. The molecule has 0 radical (unpaired) electrons. The standard InChI is InChI=1S/C21H32N2O4/c1-13-5-7-16(20(22)27)19(26)18(13)21(11-15(24)6-8-17(21)25)9-10-23-12-14-3-2-4-14/h5,7,14-15,17,23-26H,2-4,6,8-12H2,1H3,(H2,22,27)/t15?,17?,21-/m0/s1. The van der Waals surface area contributed by atoms with Gasteiger partial charge in [0.25, 0.3) is 5.91 Å². The van der Waals surface area contributed by atoms with Crippen molar-refractivity contribution in [3.8, 4) is 5.75 Å². The minimum absolute atomic E-state index is 0.0599. The Kier molecular flexibility index (Phi) is 6.08. The topological polar surface area (TPSA) is 116 Å². The summed E-state index contributed by atoms with van der Waals surface area (Å²) < 4.78 is 0. The van der Waals surface area contributed by atoms with Gasteiger partial charge in [-0.2, -0.15) is 0 Å². The summed E-state index contributed by atoms with van der Waals surface area (Å²) >= 11 is 0. The van der Waals surface area contributed by atoms with E-state index >= 15 is 0 Å². The molecule has 0 aromatic heterocycles. The number of hydrogen-bond donors (Lipinski definition) is 5. The Bertz CT molecular complexity index is 689. The fraction of sp³-hybridized carbons (Fsp3) is 0.667. The Labute approximate surface area is 160 Å². The summed E-state index contributed by atoms with van der Waals surface area (Å²) in [6.07, 6.45) is 4.52. The Hall–Kier alpha value is -1.63. The third kappa shape index (κ3) is 3.98. The minimum atomic E-state index is -0.802. The molecular weight excluding hydrogens is 344 g/mol. The zero-order chi connectivity index (χ0) is 19.6. The number of phenols is 1. The summed E-state index contributed by atoms with van der Waals surface area (Å²) in [6, 6.07) is 3.27. The molecule has 3 atom stereocenters. The monoisotopic (exact) mass is 376 g/mol. The van der Waals surface area contributed by atoms with Crippen molar-refractivity contribution in [3.63, 3.8) is 0 Å². The van der Waals surface area contributed by atoms with Crippen molar-refractivity contribution >= 4 is 5.91 Å². The van der Waals surface area contributed by atoms with Crippen LogP contribution in [0.3, 0.4) is 0 Å². The molecule has 1 aromatic carbocycles. The molecule has 6 nitrogen and oxygen atoms in total. The lowest BCUT2D eigenvalue weighted by Gasteiger charge is -2.45. The van der Waals surface area contributed by atoms with Gasteiger partial charge in [-0.25, -0.2) is 0 Å². The quantitative estimate of drug-likeness (QED) is 0.465. The van der Waals surface area contributed by atoms with Gasteiger partial charge < -0.3 is 26.4 Å². The Morgan fingerprint density at radius 2 is 2.00 bits per heavy atom. The zero-order valence-electron chi connectivity index (χ0n) is 16.1. The molecule has 0 heterocycles. The molecule has 2 saturated carbocycles. The number of carbonyl (C=O) groups excluding carboxylic acids is 1. The molecular formula is C21H32N2O4. The first-order valence-electron chi connectivity index (χ1n) is 10.0. The molecule has 2 aliphatic carbocycles. The number of nitrogens with one attached hydrogen (secondary N) is 1. The van der Waals surface area contributed by atoms with E-state index in [9.17, 15) is 20.1 Å². The second-order valence-corrected chi connectivity index (χ2v) is 8.38. The number of rotatable bonds is 7. The van der Waals surface area contributed by atoms with Crippen LogP contribution in [0.5, 0.6) is 5.75 Å². The van der Waals surface area contributed by atoms with Gasteiger partial charge in [-0.15, -0.1) is 0 Å². The van der Waals surface area contributed by atoms with Crippen LogP contribution in [-0.4, -0.2) is 46.5 Å². The molecule has 0 aliphatic heterocycles. The highest BCUT2D eigenvalue weighted by atomic mass is 16.3. The van der Waals surface area contributed by atoms with Gasteiger partial charge in [0.1, 0.15) is 5.75 Å². The van der Waals surface area contributed by atoms with Crippen LogP contribution >= 0.6 is 0 Å². The van der Waals surface area contributed by atoms with Gasteiger partial charge in [-0.3, -0.25) is 4.79 Å². The largest absolute Gasteiger partial charge is 0.507 e. The molecule has 2 unspecified atom stereocenters. The number of aliphatic hydroxyl groups is 2. The highest BCUT2D eigenvalue weighted by Crippen LogP contribution is 2.48. The van der Waals surface area contributed by atoms with Crippen LogP contribution in [0.2, 0.25) is 0 Å². The second kappa shape index (κ2) is 8.17. The predicted molar refractivity (Wildman–Crippen MR) is 104 cm³/mol. The van der Waals surface area contributed by atoms with Gasteiger partial charge >= 0.3 is 0 Å². The van der Waals surface area contributed by atoms with Gasteiger partial charge in [0.2, 0.25) is 0 Å². The highest BCUT2D eigenvalue weighted by molar-refractivity contribution is 5.96. The Morgan fingerprint density at radius 3 is 2.63 bits per heavy atom. The summed E-state index contributed by atoms with van der Waals surface area (Å²) in [5.74, 6) is -0.122. The number of primary amides is 1. The lowest BCUT2D eigenvalue weighted by molar-refractivity contribution is -0.0201. The van der Waals surface area contributed by atoms with E-state index in [4.69, 9.17) is 5.73 Å². The molecule has 0 saturated heterocycles. The van der Waals surface area contributed by atoms with Crippen molar-refractivity contribution in [1.29, 1.82) is 0 Å². The number of carbonyl (C=O) groups is 1. The van der Waals surface area contributed by atoms with E-state index in [1.807, 2.05) is 6.92 Å². The summed E-state index contributed by atoms with van der Waals surface area (Å²) in [5.41, 5.74) is 6.03. The van der Waals surface area contributed by atoms with Crippen molar-refractivity contribution < 1.29 is 20.1 Å². The average Bonchev–Trinajstić information content (AvgIpc) is 2.56. The molecule has 0 bridgehead atoms. The van der Waals surface area contributed by atoms with Crippen molar-refractivity contribution in [1.82, 2.24) is 5.32 Å². The maximum atomic E-state index is 11.7. The number of hydrogen-bond acceptors (Lipinski definition) is 5. The molecule has 2 aliphatic rings. The van der Waals surface area contributed by atoms with Crippen LogP contribution in [-0.2, 0) is 5.41 Å². The zero-order valence-corrected chi connectivity index (χ0v) is 16.1. The van der Waals surface area contributed by atoms with Crippen LogP contribution in [0.15, 0.2) is 12.1 Å². The lowest BCUT2D eigenvalue weighted by Crippen LogP contribution is -2.49. The highest BCUT2D eigenvalue weighted by Gasteiger charge is 2.46. The van der Waals surface area contributed by atoms with E-state index in [2.05, 4.69) is 5.32 Å². The molecule has 1 aromatic rings. The number of benzene rings is 1. The van der Waals surface area contributed by atoms with Gasteiger partial charge in [0.05, 0.1) is 17.8 Å². The Morgan fingerprint density at radius 1 is 1.26 bits per heavy atom. The normalized spacial score (nSPS) is 28.7. The summed E-state index contributed by atoms with van der Waals surface area (Å²) in [5, 5.41) is 35.7. The summed E-state index contributed by atoms with van der Waals surface area (Å²) in [6.45, 7) is 3.50. The van der Waals surface area contributed by atoms with Crippen LogP contribution in [0, 0.1) is 12.8 Å². The van der Waals surface area contributed by atoms with Gasteiger partial charge in [-0.1, -0.05) is 12.5 Å². The lowest BCUT2D eigenvalue weighted by atomic mass is 9.63. The maximum absolute atomic E-state index is 11.7. The molecule has 150 valence electrons. The SMILES string of the molecule is Cc1ccc(C(N)=O)c(O)c1[C@@]1(CCNCC2CCC2)CC(O)CCC1O. The van der Waals surface area contributed by atoms with Crippen LogP contribution in [0.4, 0.5) is 0 Å². The fourth-order valence-electron chi connectivity index (χ4n) is 4.78. The number of nitrogens with two attached hydrogens (primary N) is 1. The smallest absolute Gasteiger partial charge is 0.252 e. The van der Waals surface area contributed by atoms with Crippen molar-refractivity contribution in [3.05, 3.63) is 28.8 Å². The van der Waals surface area contributed by atoms with Crippen LogP contribution in [0.1, 0.15) is 66.4 Å². The first kappa shape index (κ1) is 20.1. The summed E-state index contributed by atoms with van der Waals surface area (Å²) in [7, 11) is 0. The average molecular weight is 376 g/mol. The van der Waals surface area contributed by atoms with Gasteiger partial charge in [-0.05, 0) is 76.1 Å². The van der Waals surface area contributed by atoms with Crippen LogP contribution in [0.25, 0.3) is 0 Å². The van der Waals surface area contributed by atoms with Crippen molar-refractivity contribution in [2.75, 3.05) is 13.1 Å². The first-order valence-corrected chi connectivity index (χ1v) is 10.0. The maximum Gasteiger partial charge on any atom is 0.252 e. The van der Waals surface area contributed by atoms with Crippen molar-refractivity contribution in [2.45, 2.75) is 69.5 Å². The van der Waals surface area contributed by atoms with E-state index in [0.717, 1.165) is 18.0 Å². The van der Waals surface area contributed by atoms with E-state index in [1.54, 1.807) is 6.07 Å². The number of aliphatic hydroxyl groups excluding tert-OH is 2. The van der Waals surface area contributed by atoms with Crippen molar-refractivity contribution in [2.24, 2.45) is 11.7 Å². The molecule has 6 heteroatoms. The van der Waals surface area contributed by atoms with Crippen LogP contribution < -0.4 is 11.1 Å². The number of amides is 1. The number of aromatic hydroxyl groups is 1. The fourth-order valence-corrected chi connectivity index (χ4v) is 4.78. The van der Waals surface area contributed by atoms with E-state index in [1.165, 1.54) is 25.3 Å². The van der Waals surface area contributed by atoms with Gasteiger partial charge in [0.15, 0.2) is 0 Å². The summed E-state index contributed by atoms with van der Waals surface area (Å²) in [4.78, 5) is 11.7. The van der Waals surface area contributed by atoms with E-state index in [-0.39, 0.29) is 11.3 Å². The first-order chi connectivity index (χ1) is 12.8. The predicted octanol–water partition coefficient (Wildman–Crippen LogP) is 1.72. The molecule has 3 rings (SSSR count). The molecule has 27 heavy (non-hydrogen) atoms. The third-order valence-corrected chi connectivity index (χ3v) is 6.57. The van der Waals surface area contributed by atoms with E-state index < -0.39 is 23.5 Å². The Balaban J connectivity index is 1.92. The minimum Gasteiger partial charge on any atom is -0.507 e. The molecule has 6 N–H and O–H groups in total. The van der Waals surface area contributed by atoms with Gasteiger partial charge in [0, 0.05) is 11.0 Å². The molecule has 0 spiro atoms. The molecule has 1 amide bonds. The second-order valence-electron chi connectivity index (χ2n) is 8.38. The molecule has 2 fully saturated rings. The number of aryl methyl sites for hydroxylation is 1.